The number of amides is 2. The Hall–Kier alpha value is -9.32. The van der Waals surface area contributed by atoms with Gasteiger partial charge in [-0.3, -0.25) is 25.7 Å². The summed E-state index contributed by atoms with van der Waals surface area (Å²) in [6.45, 7) is 8.51. The zero-order valence-corrected chi connectivity index (χ0v) is 54.7. The number of nitro groups is 1. The molecule has 0 unspecified atom stereocenters. The molecule has 0 aromatic heterocycles. The quantitative estimate of drug-likeness (QED) is 0.00182. The van der Waals surface area contributed by atoms with Crippen LogP contribution in [0.4, 0.5) is 38.0 Å². The van der Waals surface area contributed by atoms with Gasteiger partial charge in [-0.1, -0.05) is 101 Å². The van der Waals surface area contributed by atoms with Crippen molar-refractivity contribution in [1.29, 1.82) is 0 Å². The monoisotopic (exact) mass is 1330 g/mol. The van der Waals surface area contributed by atoms with Crippen molar-refractivity contribution in [2.24, 2.45) is 20.8 Å². The van der Waals surface area contributed by atoms with E-state index in [1.807, 2.05) is 104 Å². The van der Waals surface area contributed by atoms with Crippen LogP contribution in [0.5, 0.6) is 0 Å². The van der Waals surface area contributed by atoms with Gasteiger partial charge in [-0.05, 0) is 121 Å². The number of nitrogens with two attached hydrogens (primary N) is 4. The van der Waals surface area contributed by atoms with Gasteiger partial charge in [0.05, 0.1) is 76.2 Å². The summed E-state index contributed by atoms with van der Waals surface area (Å²) >= 11 is 0. The smallest absolute Gasteiger partial charge is 0.407 e. The van der Waals surface area contributed by atoms with E-state index in [0.29, 0.717) is 51.6 Å². The molecule has 2 amide bonds. The van der Waals surface area contributed by atoms with Gasteiger partial charge >= 0.3 is 24.1 Å². The third-order valence-electron chi connectivity index (χ3n) is 13.2. The molecule has 28 nitrogen and oxygen atoms in total. The van der Waals surface area contributed by atoms with Gasteiger partial charge in [0.1, 0.15) is 13.2 Å². The summed E-state index contributed by atoms with van der Waals surface area (Å²) in [5.41, 5.74) is 27.5. The molecule has 2 aliphatic rings. The normalized spacial score (nSPS) is 14.5. The Morgan fingerprint density at radius 3 is 1.36 bits per heavy atom. The lowest BCUT2D eigenvalue weighted by Gasteiger charge is -2.11. The molecule has 2 heterocycles. The lowest BCUT2D eigenvalue weighted by Crippen LogP contribution is -2.28. The van der Waals surface area contributed by atoms with E-state index in [0.717, 1.165) is 103 Å². The second kappa shape index (κ2) is 49.3. The zero-order chi connectivity index (χ0) is 67.9. The lowest BCUT2D eigenvalue weighted by molar-refractivity contribution is -0.384. The van der Waals surface area contributed by atoms with Gasteiger partial charge in [-0.25, -0.2) is 24.4 Å². The molecule has 94 heavy (non-hydrogen) atoms. The fourth-order valence-electron chi connectivity index (χ4n) is 7.98. The Morgan fingerprint density at radius 2 is 0.989 bits per heavy atom. The number of hydrogen-bond acceptors (Lipinski definition) is 25. The number of aliphatic imine (C=N–C) groups is 3. The zero-order valence-electron chi connectivity index (χ0n) is 53.9. The molecule has 5 atom stereocenters. The number of ether oxygens (including phenoxy) is 4. The number of aliphatic hydroxyl groups is 1. The van der Waals surface area contributed by atoms with Crippen LogP contribution in [-0.4, -0.2) is 137 Å². The maximum Gasteiger partial charge on any atom is 0.407 e. The summed E-state index contributed by atoms with van der Waals surface area (Å²) in [4.78, 5) is 96.2. The van der Waals surface area contributed by atoms with Crippen molar-refractivity contribution in [3.05, 3.63) is 159 Å². The molecule has 5 aromatic rings. The number of esters is 2. The van der Waals surface area contributed by atoms with Crippen LogP contribution in [0.1, 0.15) is 93.5 Å². The van der Waals surface area contributed by atoms with Crippen molar-refractivity contribution in [2.75, 3.05) is 76.5 Å². The summed E-state index contributed by atoms with van der Waals surface area (Å²) < 4.78 is 19.0. The number of hydrazine groups is 1. The van der Waals surface area contributed by atoms with Crippen LogP contribution >= 0.6 is 12.4 Å². The molecular weight excluding hydrogens is 1240 g/mol. The van der Waals surface area contributed by atoms with Gasteiger partial charge in [0.25, 0.3) is 5.69 Å². The van der Waals surface area contributed by atoms with Gasteiger partial charge in [0.2, 0.25) is 19.2 Å². The summed E-state index contributed by atoms with van der Waals surface area (Å²) in [5.74, 6) is 4.41. The van der Waals surface area contributed by atoms with E-state index < -0.39 is 16.9 Å². The molecule has 0 saturated carbocycles. The summed E-state index contributed by atoms with van der Waals surface area (Å²) in [7, 11) is 2.62. The molecule has 0 radical (unpaired) electrons. The molecule has 0 bridgehead atoms. The minimum atomic E-state index is -0.809. The van der Waals surface area contributed by atoms with E-state index in [-0.39, 0.29) is 79.9 Å². The average Bonchev–Trinajstić information content (AvgIpc) is 1.73. The Balaban J connectivity index is 0.000000403. The first kappa shape index (κ1) is 80.8. The number of unbranched alkanes of at least 4 members (excludes halogenated alkanes) is 3. The van der Waals surface area contributed by atoms with Crippen molar-refractivity contribution in [1.82, 2.24) is 10.6 Å². The highest BCUT2D eigenvalue weighted by molar-refractivity contribution is 5.85. The SMILES string of the molecule is CCCCOOC=N[C@@H](Cc1ccc([N+](=O)[O-])cc1)C(=O)OC.CCCCOOC=N[C@H](CC(=O)OC)Cc1ccc(N)cc1.CCCCOOC=N[C@H](CO)Cc1ccc(N)cc1.Cl.NNc1ccc(C[C@H]2COC(=O)N2)cc1.Nc1ccc(C[C@H]2COC(=O)N2)cc1. The molecule has 7 rings (SSSR count). The maximum atomic E-state index is 11.7. The van der Waals surface area contributed by atoms with Crippen molar-refractivity contribution in [3.8, 4) is 0 Å². The summed E-state index contributed by atoms with van der Waals surface area (Å²) in [6, 6.07) is 35.1. The largest absolute Gasteiger partial charge is 0.469 e. The minimum absolute atomic E-state index is 0. The van der Waals surface area contributed by atoms with Gasteiger partial charge in [0.15, 0.2) is 6.04 Å². The van der Waals surface area contributed by atoms with E-state index >= 15 is 0 Å². The fourth-order valence-corrected chi connectivity index (χ4v) is 7.98. The number of carbonyl (C=O) groups is 4. The second-order valence-corrected chi connectivity index (χ2v) is 20.8. The first-order valence-electron chi connectivity index (χ1n) is 30.3. The summed E-state index contributed by atoms with van der Waals surface area (Å²) in [6.07, 6.45) is 11.9. The van der Waals surface area contributed by atoms with Gasteiger partial charge < -0.3 is 72.0 Å². The third-order valence-corrected chi connectivity index (χ3v) is 13.2. The van der Waals surface area contributed by atoms with Crippen LogP contribution in [0.15, 0.2) is 136 Å². The predicted molar refractivity (Wildman–Crippen MR) is 361 cm³/mol. The topological polar surface area (TPSA) is 401 Å². The number of hydrogen-bond donors (Lipinski definition) is 8. The Labute approximate surface area is 554 Å². The van der Waals surface area contributed by atoms with Gasteiger partial charge in [-0.15, -0.1) is 12.4 Å². The molecular formula is C65H92ClN11O17. The van der Waals surface area contributed by atoms with Crippen LogP contribution in [0.25, 0.3) is 0 Å². The van der Waals surface area contributed by atoms with Crippen LogP contribution in [0.2, 0.25) is 0 Å². The van der Waals surface area contributed by atoms with E-state index in [1.165, 1.54) is 39.2 Å². The van der Waals surface area contributed by atoms with Crippen LogP contribution in [0, 0.1) is 10.1 Å². The average molecular weight is 1330 g/mol. The molecule has 516 valence electrons. The number of benzene rings is 5. The second-order valence-electron chi connectivity index (χ2n) is 20.8. The molecule has 29 heteroatoms. The Bertz CT molecular complexity index is 2970. The number of aliphatic hydroxyl groups excluding tert-OH is 1. The van der Waals surface area contributed by atoms with E-state index in [1.54, 1.807) is 12.1 Å². The number of carbonyl (C=O) groups excluding carboxylic acids is 4. The number of nitro benzene ring substituents is 1. The van der Waals surface area contributed by atoms with Crippen molar-refractivity contribution < 1.29 is 77.5 Å². The molecule has 2 fully saturated rings. The van der Waals surface area contributed by atoms with Crippen LogP contribution < -0.4 is 39.1 Å². The third kappa shape index (κ3) is 36.7. The van der Waals surface area contributed by atoms with Crippen molar-refractivity contribution >= 4 is 84.2 Å². The number of cyclic esters (lactones) is 2. The van der Waals surface area contributed by atoms with E-state index in [4.69, 9.17) is 66.6 Å². The molecule has 2 saturated heterocycles. The van der Waals surface area contributed by atoms with Crippen LogP contribution in [0.3, 0.4) is 0 Å². The number of nitrogens with zero attached hydrogens (tertiary/aromatic N) is 4. The fraction of sp³-hybridized carbons (Fsp3) is 0.431. The molecule has 2 aliphatic heterocycles. The maximum absolute atomic E-state index is 11.7. The highest BCUT2D eigenvalue weighted by Gasteiger charge is 2.24. The highest BCUT2D eigenvalue weighted by Crippen LogP contribution is 2.17. The predicted octanol–water partition coefficient (Wildman–Crippen LogP) is 8.89. The van der Waals surface area contributed by atoms with Gasteiger partial charge in [-0.2, -0.15) is 14.7 Å². The Kier molecular flexibility index (Phi) is 42.4. The van der Waals surface area contributed by atoms with Crippen molar-refractivity contribution in [3.63, 3.8) is 0 Å². The molecule has 0 spiro atoms. The number of methoxy groups -OCH3 is 2. The standard InChI is InChI=1S/C16H24N2O4.C15H20N2O6.C14H22N2O3.C10H13N3O2.C10H12N2O2.ClH/c1-3-4-9-21-22-12-18-15(11-16(19)20-2)10-13-5-7-14(17)8-6-13;1-3-4-9-22-23-11-16-14(15(18)21-2)10-12-5-7-13(8-6-12)17(19)20;1-2-3-8-18-19-11-16-14(10-17)9-12-4-6-13(15)7-5-12;11-13-8-3-1-7(2-4-8)5-9-6-15-10(14)12-9;11-8-3-1-7(2-4-8)5-9-6-14-10(13)12-9;/h5-8,12,15H,3-4,9-11,17H2,1-2H3;5-8,11,14H,3-4,9-10H2,1-2H3;4-7,11,14,17H,2-3,8-10,15H2,1H3;1-4,9,13H,5-6,11H2,(H,12,14);1-4,9H,5-6,11H2,(H,12,13);1H/t15-;2*14-;2*9-;/m00000./s1. The molecule has 0 aliphatic carbocycles. The first-order valence-corrected chi connectivity index (χ1v) is 30.3. The summed E-state index contributed by atoms with van der Waals surface area (Å²) in [5, 5.41) is 25.3. The number of nitrogen functional groups attached to an aromatic ring is 4. The number of rotatable bonds is 34. The first-order chi connectivity index (χ1) is 45.0. The number of alkyl carbamates (subject to hydrolysis) is 2. The highest BCUT2D eigenvalue weighted by atomic mass is 35.5. The van der Waals surface area contributed by atoms with E-state index in [9.17, 15) is 34.4 Å². The molecule has 5 aromatic carbocycles. The number of halogens is 1. The van der Waals surface area contributed by atoms with Crippen molar-refractivity contribution in [2.45, 2.75) is 128 Å². The minimum Gasteiger partial charge on any atom is -0.469 e. The van der Waals surface area contributed by atoms with Crippen LogP contribution in [-0.2, 0) is 90.0 Å². The number of non-ortho nitro benzene ring substituents is 1. The van der Waals surface area contributed by atoms with E-state index in [2.05, 4.69) is 49.6 Å². The number of anilines is 4. The van der Waals surface area contributed by atoms with Gasteiger partial charge in [0, 0.05) is 41.3 Å². The lowest BCUT2D eigenvalue weighted by atomic mass is 10.0. The number of nitrogens with one attached hydrogen (secondary N) is 3. The Morgan fingerprint density at radius 1 is 0.606 bits per heavy atom. The molecule has 12 N–H and O–H groups in total.